The van der Waals surface area contributed by atoms with Gasteiger partial charge in [-0.1, -0.05) is 0 Å². The van der Waals surface area contributed by atoms with Crippen LogP contribution >= 0.6 is 11.8 Å². The van der Waals surface area contributed by atoms with E-state index in [1.54, 1.807) is 6.07 Å². The molecule has 0 aromatic carbocycles. The third-order valence-corrected chi connectivity index (χ3v) is 4.05. The Morgan fingerprint density at radius 2 is 2.32 bits per heavy atom. The molecule has 0 atom stereocenters. The molecule has 0 radical (unpaired) electrons. The van der Waals surface area contributed by atoms with Gasteiger partial charge in [0.1, 0.15) is 11.4 Å². The van der Waals surface area contributed by atoms with Crippen molar-refractivity contribution in [3.8, 4) is 0 Å². The molecule has 1 aliphatic carbocycles. The SMILES string of the molecule is CSCCCCNc1nc2c(cc1C(=O)O)CCC2. The van der Waals surface area contributed by atoms with Crippen molar-refractivity contribution in [3.05, 3.63) is 22.9 Å². The highest BCUT2D eigenvalue weighted by Gasteiger charge is 2.19. The van der Waals surface area contributed by atoms with Crippen LogP contribution in [0.1, 0.15) is 40.9 Å². The summed E-state index contributed by atoms with van der Waals surface area (Å²) in [5.41, 5.74) is 2.48. The van der Waals surface area contributed by atoms with E-state index in [0.29, 0.717) is 11.4 Å². The Labute approximate surface area is 118 Å². The van der Waals surface area contributed by atoms with Crippen molar-refractivity contribution in [1.29, 1.82) is 0 Å². The van der Waals surface area contributed by atoms with Crippen molar-refractivity contribution in [2.24, 2.45) is 0 Å². The summed E-state index contributed by atoms with van der Waals surface area (Å²) < 4.78 is 0. The number of nitrogens with zero attached hydrogens (tertiary/aromatic N) is 1. The van der Waals surface area contributed by atoms with E-state index < -0.39 is 5.97 Å². The molecule has 19 heavy (non-hydrogen) atoms. The number of aryl methyl sites for hydroxylation is 2. The first kappa shape index (κ1) is 14.2. The lowest BCUT2D eigenvalue weighted by atomic mass is 10.1. The molecular formula is C14H20N2O2S. The predicted octanol–water partition coefficient (Wildman–Crippen LogP) is 2.82. The van der Waals surface area contributed by atoms with Crippen LogP contribution in [0.15, 0.2) is 6.07 Å². The largest absolute Gasteiger partial charge is 0.478 e. The molecular weight excluding hydrogens is 260 g/mol. The maximum Gasteiger partial charge on any atom is 0.339 e. The first-order valence-corrected chi connectivity index (χ1v) is 8.10. The van der Waals surface area contributed by atoms with Gasteiger partial charge in [0.2, 0.25) is 0 Å². The van der Waals surface area contributed by atoms with Crippen LogP contribution in [0, 0.1) is 0 Å². The molecule has 0 unspecified atom stereocenters. The average Bonchev–Trinajstić information content (AvgIpc) is 2.84. The quantitative estimate of drug-likeness (QED) is 0.752. The molecule has 0 amide bonds. The molecule has 0 saturated heterocycles. The number of pyridine rings is 1. The number of aromatic carboxylic acids is 1. The number of carbonyl (C=O) groups is 1. The summed E-state index contributed by atoms with van der Waals surface area (Å²) in [5.74, 6) is 0.788. The topological polar surface area (TPSA) is 62.2 Å². The van der Waals surface area contributed by atoms with Crippen LogP contribution in [0.3, 0.4) is 0 Å². The number of carboxylic acids is 1. The van der Waals surface area contributed by atoms with Crippen molar-refractivity contribution < 1.29 is 9.90 Å². The third-order valence-electron chi connectivity index (χ3n) is 3.35. The van der Waals surface area contributed by atoms with Crippen LogP contribution in [0.5, 0.6) is 0 Å². The Morgan fingerprint density at radius 3 is 3.05 bits per heavy atom. The van der Waals surface area contributed by atoms with E-state index in [1.165, 1.54) is 0 Å². The number of nitrogens with one attached hydrogen (secondary N) is 1. The molecule has 2 N–H and O–H groups in total. The van der Waals surface area contributed by atoms with Gasteiger partial charge in [0.05, 0.1) is 0 Å². The van der Waals surface area contributed by atoms with E-state index in [0.717, 1.165) is 55.7 Å². The zero-order chi connectivity index (χ0) is 13.7. The summed E-state index contributed by atoms with van der Waals surface area (Å²) in [6, 6.07) is 1.79. The van der Waals surface area contributed by atoms with Gasteiger partial charge in [0.25, 0.3) is 0 Å². The van der Waals surface area contributed by atoms with E-state index in [9.17, 15) is 9.90 Å². The fourth-order valence-corrected chi connectivity index (χ4v) is 2.84. The summed E-state index contributed by atoms with van der Waals surface area (Å²) in [6.45, 7) is 0.784. The van der Waals surface area contributed by atoms with Crippen molar-refractivity contribution in [2.75, 3.05) is 23.9 Å². The number of hydrogen-bond donors (Lipinski definition) is 2. The zero-order valence-electron chi connectivity index (χ0n) is 11.2. The average molecular weight is 280 g/mol. The summed E-state index contributed by atoms with van der Waals surface area (Å²) >= 11 is 1.83. The molecule has 104 valence electrons. The molecule has 1 aliphatic rings. The first-order valence-electron chi connectivity index (χ1n) is 6.71. The van der Waals surface area contributed by atoms with E-state index >= 15 is 0 Å². The van der Waals surface area contributed by atoms with Gasteiger partial charge in [0, 0.05) is 12.2 Å². The van der Waals surface area contributed by atoms with Gasteiger partial charge in [-0.05, 0) is 55.7 Å². The Kier molecular flexibility index (Phi) is 5.07. The van der Waals surface area contributed by atoms with Crippen LogP contribution < -0.4 is 5.32 Å². The van der Waals surface area contributed by atoms with Gasteiger partial charge in [-0.25, -0.2) is 9.78 Å². The first-order chi connectivity index (χ1) is 9.22. The number of hydrogen-bond acceptors (Lipinski definition) is 4. The Balaban J connectivity index is 2.03. The van der Waals surface area contributed by atoms with Crippen LogP contribution in [0.25, 0.3) is 0 Å². The molecule has 1 heterocycles. The highest BCUT2D eigenvalue weighted by Crippen LogP contribution is 2.25. The summed E-state index contributed by atoms with van der Waals surface area (Å²) in [5, 5.41) is 12.4. The normalized spacial score (nSPS) is 13.3. The molecule has 2 rings (SSSR count). The molecule has 4 nitrogen and oxygen atoms in total. The zero-order valence-corrected chi connectivity index (χ0v) is 12.1. The van der Waals surface area contributed by atoms with Crippen LogP contribution in [0.2, 0.25) is 0 Å². The number of carboxylic acid groups (broad SMARTS) is 1. The van der Waals surface area contributed by atoms with Crippen molar-refractivity contribution >= 4 is 23.5 Å². The van der Waals surface area contributed by atoms with Gasteiger partial charge < -0.3 is 10.4 Å². The van der Waals surface area contributed by atoms with Gasteiger partial charge in [-0.2, -0.15) is 11.8 Å². The van der Waals surface area contributed by atoms with E-state index in [-0.39, 0.29) is 0 Å². The van der Waals surface area contributed by atoms with Gasteiger partial charge in [0.15, 0.2) is 0 Å². The lowest BCUT2D eigenvalue weighted by molar-refractivity contribution is 0.0697. The molecule has 0 aliphatic heterocycles. The van der Waals surface area contributed by atoms with Crippen molar-refractivity contribution in [1.82, 2.24) is 4.98 Å². The second-order valence-electron chi connectivity index (χ2n) is 4.78. The Hall–Kier alpha value is -1.23. The Bertz CT molecular complexity index is 463. The second-order valence-corrected chi connectivity index (χ2v) is 5.76. The van der Waals surface area contributed by atoms with E-state index in [4.69, 9.17) is 0 Å². The number of rotatable bonds is 7. The third kappa shape index (κ3) is 3.62. The molecule has 5 heteroatoms. The smallest absolute Gasteiger partial charge is 0.339 e. The minimum Gasteiger partial charge on any atom is -0.478 e. The number of anilines is 1. The standard InChI is InChI=1S/C14H20N2O2S/c1-19-8-3-2-7-15-13-11(14(17)18)9-10-5-4-6-12(10)16-13/h9H,2-8H2,1H3,(H,15,16)(H,17,18). The van der Waals surface area contributed by atoms with Crippen molar-refractivity contribution in [3.63, 3.8) is 0 Å². The van der Waals surface area contributed by atoms with Gasteiger partial charge >= 0.3 is 5.97 Å². The fraction of sp³-hybridized carbons (Fsp3) is 0.571. The summed E-state index contributed by atoms with van der Waals surface area (Å²) in [7, 11) is 0. The lowest BCUT2D eigenvalue weighted by Gasteiger charge is -2.11. The Morgan fingerprint density at radius 1 is 1.47 bits per heavy atom. The second kappa shape index (κ2) is 6.80. The maximum absolute atomic E-state index is 11.3. The number of thioether (sulfide) groups is 1. The van der Waals surface area contributed by atoms with E-state index in [2.05, 4.69) is 16.6 Å². The molecule has 0 bridgehead atoms. The lowest BCUT2D eigenvalue weighted by Crippen LogP contribution is -2.11. The highest BCUT2D eigenvalue weighted by atomic mass is 32.2. The summed E-state index contributed by atoms with van der Waals surface area (Å²) in [6.07, 6.45) is 7.28. The van der Waals surface area contributed by atoms with Gasteiger partial charge in [-0.15, -0.1) is 0 Å². The van der Waals surface area contributed by atoms with Crippen LogP contribution in [0.4, 0.5) is 5.82 Å². The van der Waals surface area contributed by atoms with Gasteiger partial charge in [-0.3, -0.25) is 0 Å². The highest BCUT2D eigenvalue weighted by molar-refractivity contribution is 7.98. The maximum atomic E-state index is 11.3. The minimum absolute atomic E-state index is 0.311. The molecule has 1 aromatic heterocycles. The van der Waals surface area contributed by atoms with Crippen molar-refractivity contribution in [2.45, 2.75) is 32.1 Å². The minimum atomic E-state index is -0.895. The summed E-state index contributed by atoms with van der Waals surface area (Å²) in [4.78, 5) is 15.8. The number of fused-ring (bicyclic) bond motifs is 1. The number of aromatic nitrogens is 1. The van der Waals surface area contributed by atoms with E-state index in [1.807, 2.05) is 11.8 Å². The number of unbranched alkanes of at least 4 members (excludes halogenated alkanes) is 1. The monoisotopic (exact) mass is 280 g/mol. The molecule has 0 fully saturated rings. The predicted molar refractivity (Wildman–Crippen MR) is 79.3 cm³/mol. The molecule has 0 saturated carbocycles. The molecule has 0 spiro atoms. The van der Waals surface area contributed by atoms with Crippen LogP contribution in [-0.4, -0.2) is 34.6 Å². The molecule has 1 aromatic rings. The van der Waals surface area contributed by atoms with Crippen LogP contribution in [-0.2, 0) is 12.8 Å². The fourth-order valence-electron chi connectivity index (χ4n) is 2.35.